The van der Waals surface area contributed by atoms with Gasteiger partial charge in [0.2, 0.25) is 0 Å². The third kappa shape index (κ3) is 5.01. The van der Waals surface area contributed by atoms with Crippen LogP contribution in [0.25, 0.3) is 0 Å². The van der Waals surface area contributed by atoms with Crippen molar-refractivity contribution in [2.75, 3.05) is 23.3 Å². The third-order valence-electron chi connectivity index (χ3n) is 4.94. The summed E-state index contributed by atoms with van der Waals surface area (Å²) in [6.45, 7) is 10.0. The summed E-state index contributed by atoms with van der Waals surface area (Å²) in [6, 6.07) is 15.7. The van der Waals surface area contributed by atoms with E-state index in [2.05, 4.69) is 29.2 Å². The predicted octanol–water partition coefficient (Wildman–Crippen LogP) is 5.68. The number of aromatic nitrogens is 1. The molecule has 0 unspecified atom stereocenters. The molecule has 0 aliphatic rings. The Kier molecular flexibility index (Phi) is 6.99. The minimum atomic E-state index is -0.109. The van der Waals surface area contributed by atoms with E-state index in [4.69, 9.17) is 4.52 Å². The van der Waals surface area contributed by atoms with Crippen LogP contribution in [0.5, 0.6) is 0 Å². The lowest BCUT2D eigenvalue weighted by atomic mass is 10.2. The molecule has 0 spiro atoms. The lowest BCUT2D eigenvalue weighted by Crippen LogP contribution is -2.21. The van der Waals surface area contributed by atoms with Crippen LogP contribution in [0.4, 0.5) is 11.4 Å². The Morgan fingerprint density at radius 3 is 2.38 bits per heavy atom. The van der Waals surface area contributed by atoms with Gasteiger partial charge in [0.05, 0.1) is 11.3 Å². The Morgan fingerprint density at radius 1 is 1.07 bits per heavy atom. The molecular weight excluding hydrogens is 382 g/mol. The molecule has 1 aromatic heterocycles. The molecule has 0 radical (unpaired) electrons. The fourth-order valence-electron chi connectivity index (χ4n) is 3.18. The van der Waals surface area contributed by atoms with Gasteiger partial charge in [-0.15, -0.1) is 11.8 Å². The second kappa shape index (κ2) is 9.65. The maximum atomic E-state index is 12.9. The maximum absolute atomic E-state index is 12.9. The van der Waals surface area contributed by atoms with Crippen molar-refractivity contribution in [1.29, 1.82) is 0 Å². The molecule has 0 aliphatic carbocycles. The van der Waals surface area contributed by atoms with Gasteiger partial charge in [-0.05, 0) is 64.1 Å². The zero-order chi connectivity index (χ0) is 20.8. The molecule has 0 saturated heterocycles. The summed E-state index contributed by atoms with van der Waals surface area (Å²) in [6.07, 6.45) is 0. The summed E-state index contributed by atoms with van der Waals surface area (Å²) < 4.78 is 5.24. The van der Waals surface area contributed by atoms with Crippen molar-refractivity contribution in [2.45, 2.75) is 38.3 Å². The van der Waals surface area contributed by atoms with Gasteiger partial charge in [0.15, 0.2) is 0 Å². The average molecular weight is 410 g/mol. The molecule has 1 heterocycles. The third-order valence-corrected chi connectivity index (χ3v) is 6.04. The van der Waals surface area contributed by atoms with E-state index < -0.39 is 0 Å². The lowest BCUT2D eigenvalue weighted by molar-refractivity contribution is 0.102. The molecule has 6 heteroatoms. The van der Waals surface area contributed by atoms with Crippen LogP contribution in [0.2, 0.25) is 0 Å². The normalized spacial score (nSPS) is 10.8. The van der Waals surface area contributed by atoms with Crippen LogP contribution in [0.3, 0.4) is 0 Å². The molecule has 29 heavy (non-hydrogen) atoms. The SMILES string of the molecule is CCN(CC)c1ccc(NC(=O)c2ccccc2SCc2c(C)noc2C)cc1. The molecule has 0 bridgehead atoms. The first-order valence-electron chi connectivity index (χ1n) is 9.83. The molecule has 3 rings (SSSR count). The highest BCUT2D eigenvalue weighted by atomic mass is 32.2. The number of carbonyl (C=O) groups excluding carboxylic acids is 1. The molecule has 0 atom stereocenters. The summed E-state index contributed by atoms with van der Waals surface area (Å²) >= 11 is 1.62. The van der Waals surface area contributed by atoms with Gasteiger partial charge in [-0.2, -0.15) is 0 Å². The largest absolute Gasteiger partial charge is 0.372 e. The van der Waals surface area contributed by atoms with Gasteiger partial charge in [-0.1, -0.05) is 17.3 Å². The average Bonchev–Trinajstić information content (AvgIpc) is 3.06. The lowest BCUT2D eigenvalue weighted by Gasteiger charge is -2.21. The molecule has 1 N–H and O–H groups in total. The fraction of sp³-hybridized carbons (Fsp3) is 0.304. The van der Waals surface area contributed by atoms with Crippen LogP contribution in [0.15, 0.2) is 57.9 Å². The first-order chi connectivity index (χ1) is 14.0. The molecule has 0 fully saturated rings. The number of benzene rings is 2. The van der Waals surface area contributed by atoms with Gasteiger partial charge in [-0.25, -0.2) is 0 Å². The minimum Gasteiger partial charge on any atom is -0.372 e. The van der Waals surface area contributed by atoms with E-state index in [1.165, 1.54) is 0 Å². The summed E-state index contributed by atoms with van der Waals surface area (Å²) in [5.41, 5.74) is 4.58. The Morgan fingerprint density at radius 2 is 1.76 bits per heavy atom. The number of carbonyl (C=O) groups is 1. The van der Waals surface area contributed by atoms with Crippen molar-refractivity contribution in [1.82, 2.24) is 5.16 Å². The zero-order valence-electron chi connectivity index (χ0n) is 17.4. The van der Waals surface area contributed by atoms with Crippen LogP contribution >= 0.6 is 11.8 Å². The fourth-order valence-corrected chi connectivity index (χ4v) is 4.38. The van der Waals surface area contributed by atoms with Crippen LogP contribution in [-0.4, -0.2) is 24.2 Å². The summed E-state index contributed by atoms with van der Waals surface area (Å²) in [5.74, 6) is 1.43. The smallest absolute Gasteiger partial charge is 0.256 e. The Labute approximate surface area is 176 Å². The number of hydrogen-bond donors (Lipinski definition) is 1. The van der Waals surface area contributed by atoms with E-state index in [1.807, 2.05) is 62.4 Å². The number of anilines is 2. The number of nitrogens with zero attached hydrogens (tertiary/aromatic N) is 2. The number of aryl methyl sites for hydroxylation is 2. The van der Waals surface area contributed by atoms with E-state index in [-0.39, 0.29) is 5.91 Å². The minimum absolute atomic E-state index is 0.109. The van der Waals surface area contributed by atoms with Crippen LogP contribution in [0, 0.1) is 13.8 Å². The molecule has 1 amide bonds. The topological polar surface area (TPSA) is 58.4 Å². The Balaban J connectivity index is 1.71. The van der Waals surface area contributed by atoms with Crippen LogP contribution in [-0.2, 0) is 5.75 Å². The van der Waals surface area contributed by atoms with E-state index in [0.29, 0.717) is 11.3 Å². The molecule has 3 aromatic rings. The highest BCUT2D eigenvalue weighted by Crippen LogP contribution is 2.29. The van der Waals surface area contributed by atoms with E-state index >= 15 is 0 Å². The van der Waals surface area contributed by atoms with E-state index in [9.17, 15) is 4.79 Å². The van der Waals surface area contributed by atoms with Gasteiger partial charge >= 0.3 is 0 Å². The number of amides is 1. The van der Waals surface area contributed by atoms with Crippen LogP contribution in [0.1, 0.15) is 41.2 Å². The van der Waals surface area contributed by atoms with Crippen molar-refractivity contribution in [3.63, 3.8) is 0 Å². The molecule has 152 valence electrons. The van der Waals surface area contributed by atoms with Gasteiger partial charge in [0.25, 0.3) is 5.91 Å². The summed E-state index contributed by atoms with van der Waals surface area (Å²) in [4.78, 5) is 16.1. The first-order valence-corrected chi connectivity index (χ1v) is 10.8. The van der Waals surface area contributed by atoms with Gasteiger partial charge < -0.3 is 14.7 Å². The second-order valence-electron chi connectivity index (χ2n) is 6.76. The predicted molar refractivity (Wildman–Crippen MR) is 120 cm³/mol. The van der Waals surface area contributed by atoms with Gasteiger partial charge in [-0.3, -0.25) is 4.79 Å². The van der Waals surface area contributed by atoms with E-state index in [0.717, 1.165) is 46.4 Å². The Hall–Kier alpha value is -2.73. The van der Waals surface area contributed by atoms with Crippen molar-refractivity contribution in [2.24, 2.45) is 0 Å². The van der Waals surface area contributed by atoms with Crippen molar-refractivity contribution < 1.29 is 9.32 Å². The number of thioether (sulfide) groups is 1. The highest BCUT2D eigenvalue weighted by Gasteiger charge is 2.15. The molecule has 2 aromatic carbocycles. The zero-order valence-corrected chi connectivity index (χ0v) is 18.2. The monoisotopic (exact) mass is 409 g/mol. The van der Waals surface area contributed by atoms with Crippen molar-refractivity contribution in [3.8, 4) is 0 Å². The second-order valence-corrected chi connectivity index (χ2v) is 7.78. The maximum Gasteiger partial charge on any atom is 0.256 e. The number of nitrogens with one attached hydrogen (secondary N) is 1. The summed E-state index contributed by atoms with van der Waals surface area (Å²) in [7, 11) is 0. The first kappa shape index (κ1) is 21.0. The van der Waals surface area contributed by atoms with Crippen molar-refractivity contribution >= 4 is 29.0 Å². The highest BCUT2D eigenvalue weighted by molar-refractivity contribution is 7.98. The van der Waals surface area contributed by atoms with Crippen molar-refractivity contribution in [3.05, 3.63) is 71.1 Å². The molecule has 5 nitrogen and oxygen atoms in total. The Bertz CT molecular complexity index is 943. The molecule has 0 aliphatic heterocycles. The number of hydrogen-bond acceptors (Lipinski definition) is 5. The van der Waals surface area contributed by atoms with Crippen LogP contribution < -0.4 is 10.2 Å². The molecular formula is C23H27N3O2S. The van der Waals surface area contributed by atoms with Gasteiger partial charge in [0, 0.05) is 40.7 Å². The van der Waals surface area contributed by atoms with Gasteiger partial charge in [0.1, 0.15) is 5.76 Å². The standard InChI is InChI=1S/C23H27N3O2S/c1-5-26(6-2)19-13-11-18(12-14-19)24-23(27)20-9-7-8-10-22(20)29-15-21-16(3)25-28-17(21)4/h7-14H,5-6,15H2,1-4H3,(H,24,27). The summed E-state index contributed by atoms with van der Waals surface area (Å²) in [5, 5.41) is 7.02. The number of rotatable bonds is 8. The quantitative estimate of drug-likeness (QED) is 0.485. The van der Waals surface area contributed by atoms with E-state index in [1.54, 1.807) is 11.8 Å². The molecule has 0 saturated carbocycles.